The zero-order valence-electron chi connectivity index (χ0n) is 20.9. The van der Waals surface area contributed by atoms with Gasteiger partial charge in [-0.3, -0.25) is 0 Å². The summed E-state index contributed by atoms with van der Waals surface area (Å²) in [5.74, 6) is 3.16. The molecule has 1 aromatic heterocycles. The molecule has 188 valence electrons. The average molecular weight is 515 g/mol. The summed E-state index contributed by atoms with van der Waals surface area (Å²) in [7, 11) is 6.25. The number of nitriles is 1. The van der Waals surface area contributed by atoms with Crippen LogP contribution < -0.4 is 24.3 Å². The van der Waals surface area contributed by atoms with Crippen LogP contribution in [0.3, 0.4) is 0 Å². The van der Waals surface area contributed by atoms with E-state index in [0.29, 0.717) is 45.2 Å². The van der Waals surface area contributed by atoms with Gasteiger partial charge < -0.3 is 24.3 Å². The summed E-state index contributed by atoms with van der Waals surface area (Å²) in [5.41, 5.74) is 3.26. The number of hydrogen-bond acceptors (Lipinski definition) is 9. The van der Waals surface area contributed by atoms with Crippen molar-refractivity contribution in [2.45, 2.75) is 10.9 Å². The molecule has 4 rings (SSSR count). The standard InChI is InChI=1S/C28H26N4O4S/c1-33-21-12-10-20(11-13-21)30-27-22(16-29)25(19-14-23(34-2)26(36-4)24(15-19)35-3)31-28(32-27)37-17-18-8-6-5-7-9-18/h5-15H,17H2,1-4H3,(H,30,31,32). The van der Waals surface area contributed by atoms with Gasteiger partial charge in [0.2, 0.25) is 5.75 Å². The first kappa shape index (κ1) is 25.7. The minimum atomic E-state index is 0.286. The second-order valence-electron chi connectivity index (χ2n) is 7.73. The molecule has 0 atom stereocenters. The molecular weight excluding hydrogens is 488 g/mol. The van der Waals surface area contributed by atoms with Gasteiger partial charge in [0.25, 0.3) is 0 Å². The van der Waals surface area contributed by atoms with Crippen LogP contribution in [-0.4, -0.2) is 38.4 Å². The summed E-state index contributed by atoms with van der Waals surface area (Å²) in [5, 5.41) is 14.0. The number of nitrogens with one attached hydrogen (secondary N) is 1. The van der Waals surface area contributed by atoms with Crippen molar-refractivity contribution < 1.29 is 18.9 Å². The third-order valence-electron chi connectivity index (χ3n) is 5.50. The van der Waals surface area contributed by atoms with Crippen molar-refractivity contribution in [3.8, 4) is 40.3 Å². The van der Waals surface area contributed by atoms with Crippen LogP contribution in [0.15, 0.2) is 71.9 Å². The Bertz CT molecular complexity index is 1380. The van der Waals surface area contributed by atoms with Crippen molar-refractivity contribution in [1.29, 1.82) is 5.26 Å². The smallest absolute Gasteiger partial charge is 0.203 e. The van der Waals surface area contributed by atoms with E-state index in [4.69, 9.17) is 28.9 Å². The van der Waals surface area contributed by atoms with Crippen LogP contribution in [0.2, 0.25) is 0 Å². The minimum Gasteiger partial charge on any atom is -0.497 e. The monoisotopic (exact) mass is 514 g/mol. The van der Waals surface area contributed by atoms with E-state index < -0.39 is 0 Å². The van der Waals surface area contributed by atoms with Gasteiger partial charge in [0.1, 0.15) is 17.4 Å². The van der Waals surface area contributed by atoms with Crippen LogP contribution in [0.5, 0.6) is 23.0 Å². The number of aromatic nitrogens is 2. The molecule has 0 aliphatic carbocycles. The maximum atomic E-state index is 10.2. The maximum absolute atomic E-state index is 10.2. The zero-order chi connectivity index (χ0) is 26.2. The molecule has 4 aromatic rings. The van der Waals surface area contributed by atoms with Gasteiger partial charge in [0.05, 0.1) is 34.1 Å². The highest BCUT2D eigenvalue weighted by molar-refractivity contribution is 7.98. The van der Waals surface area contributed by atoms with Crippen LogP contribution in [0.1, 0.15) is 11.1 Å². The van der Waals surface area contributed by atoms with Gasteiger partial charge in [-0.15, -0.1) is 0 Å². The van der Waals surface area contributed by atoms with E-state index in [1.165, 1.54) is 11.8 Å². The molecule has 0 spiro atoms. The number of hydrogen-bond donors (Lipinski definition) is 1. The number of ether oxygens (including phenoxy) is 4. The number of nitrogens with zero attached hydrogens (tertiary/aromatic N) is 3. The Balaban J connectivity index is 1.83. The molecule has 0 radical (unpaired) electrons. The Morgan fingerprint density at radius 2 is 1.51 bits per heavy atom. The Morgan fingerprint density at radius 3 is 2.08 bits per heavy atom. The zero-order valence-corrected chi connectivity index (χ0v) is 21.8. The molecule has 0 aliphatic heterocycles. The highest BCUT2D eigenvalue weighted by Crippen LogP contribution is 2.42. The largest absolute Gasteiger partial charge is 0.497 e. The summed E-state index contributed by atoms with van der Waals surface area (Å²) in [6, 6.07) is 23.3. The molecule has 0 saturated carbocycles. The predicted octanol–water partition coefficient (Wildman–Crippen LogP) is 6.09. The van der Waals surface area contributed by atoms with Crippen LogP contribution in [0.25, 0.3) is 11.3 Å². The first-order valence-electron chi connectivity index (χ1n) is 11.3. The lowest BCUT2D eigenvalue weighted by Gasteiger charge is -2.16. The van der Waals surface area contributed by atoms with Crippen LogP contribution in [0.4, 0.5) is 11.5 Å². The Kier molecular flexibility index (Phi) is 8.33. The van der Waals surface area contributed by atoms with E-state index in [1.807, 2.05) is 54.6 Å². The summed E-state index contributed by atoms with van der Waals surface area (Å²) in [6.45, 7) is 0. The molecule has 0 aliphatic rings. The molecule has 1 heterocycles. The molecule has 9 heteroatoms. The van der Waals surface area contributed by atoms with E-state index in [0.717, 1.165) is 17.0 Å². The van der Waals surface area contributed by atoms with Crippen LogP contribution in [-0.2, 0) is 5.75 Å². The predicted molar refractivity (Wildman–Crippen MR) is 144 cm³/mol. The van der Waals surface area contributed by atoms with Gasteiger partial charge in [-0.05, 0) is 42.0 Å². The molecule has 0 fully saturated rings. The van der Waals surface area contributed by atoms with Crippen molar-refractivity contribution in [2.24, 2.45) is 0 Å². The van der Waals surface area contributed by atoms with Crippen LogP contribution in [0, 0.1) is 11.3 Å². The third-order valence-corrected chi connectivity index (χ3v) is 6.42. The molecule has 0 bridgehead atoms. The number of rotatable bonds is 10. The number of anilines is 2. The van der Waals surface area contributed by atoms with Gasteiger partial charge in [-0.25, -0.2) is 9.97 Å². The normalized spacial score (nSPS) is 10.4. The number of methoxy groups -OCH3 is 4. The van der Waals surface area contributed by atoms with E-state index in [2.05, 4.69) is 11.4 Å². The molecule has 37 heavy (non-hydrogen) atoms. The summed E-state index contributed by atoms with van der Waals surface area (Å²) >= 11 is 1.48. The fraction of sp³-hybridized carbons (Fsp3) is 0.179. The Hall–Kier alpha value is -4.42. The lowest BCUT2D eigenvalue weighted by molar-refractivity contribution is 0.324. The SMILES string of the molecule is COc1ccc(Nc2nc(SCc3ccccc3)nc(-c3cc(OC)c(OC)c(OC)c3)c2C#N)cc1. The van der Waals surface area contributed by atoms with Crippen molar-refractivity contribution in [2.75, 3.05) is 33.8 Å². The van der Waals surface area contributed by atoms with Crippen LogP contribution >= 0.6 is 11.8 Å². The highest BCUT2D eigenvalue weighted by Gasteiger charge is 2.21. The van der Waals surface area contributed by atoms with Gasteiger partial charge in [-0.2, -0.15) is 5.26 Å². The van der Waals surface area contributed by atoms with Gasteiger partial charge >= 0.3 is 0 Å². The molecule has 0 amide bonds. The Morgan fingerprint density at radius 1 is 0.838 bits per heavy atom. The van der Waals surface area contributed by atoms with Crippen molar-refractivity contribution in [3.63, 3.8) is 0 Å². The maximum Gasteiger partial charge on any atom is 0.203 e. The summed E-state index contributed by atoms with van der Waals surface area (Å²) in [4.78, 5) is 9.48. The van der Waals surface area contributed by atoms with E-state index in [1.54, 1.807) is 40.6 Å². The molecular formula is C28H26N4O4S. The van der Waals surface area contributed by atoms with Crippen molar-refractivity contribution in [3.05, 3.63) is 77.9 Å². The lowest BCUT2D eigenvalue weighted by Crippen LogP contribution is -2.04. The molecule has 1 N–H and O–H groups in total. The van der Waals surface area contributed by atoms with E-state index in [-0.39, 0.29) is 5.56 Å². The lowest BCUT2D eigenvalue weighted by atomic mass is 10.1. The molecule has 0 saturated heterocycles. The fourth-order valence-electron chi connectivity index (χ4n) is 3.66. The first-order chi connectivity index (χ1) is 18.1. The van der Waals surface area contributed by atoms with Gasteiger partial charge in [-0.1, -0.05) is 42.1 Å². The second kappa shape index (κ2) is 12.0. The van der Waals surface area contributed by atoms with E-state index >= 15 is 0 Å². The number of thioether (sulfide) groups is 1. The highest BCUT2D eigenvalue weighted by atomic mass is 32.2. The molecule has 0 unspecified atom stereocenters. The van der Waals surface area contributed by atoms with Gasteiger partial charge in [0, 0.05) is 17.0 Å². The van der Waals surface area contributed by atoms with Gasteiger partial charge in [0.15, 0.2) is 22.5 Å². The fourth-order valence-corrected chi connectivity index (χ4v) is 4.46. The quantitative estimate of drug-likeness (QED) is 0.199. The summed E-state index contributed by atoms with van der Waals surface area (Å²) in [6.07, 6.45) is 0. The molecule has 8 nitrogen and oxygen atoms in total. The summed E-state index contributed by atoms with van der Waals surface area (Å²) < 4.78 is 21.8. The van der Waals surface area contributed by atoms with Crippen molar-refractivity contribution >= 4 is 23.3 Å². The first-order valence-corrected chi connectivity index (χ1v) is 12.3. The topological polar surface area (TPSA) is 98.5 Å². The van der Waals surface area contributed by atoms with Crippen molar-refractivity contribution in [1.82, 2.24) is 9.97 Å². The van der Waals surface area contributed by atoms with E-state index in [9.17, 15) is 5.26 Å². The Labute approximate surface area is 220 Å². The minimum absolute atomic E-state index is 0.286. The third kappa shape index (κ3) is 5.88. The second-order valence-corrected chi connectivity index (χ2v) is 8.67. The number of benzene rings is 3. The molecule has 3 aromatic carbocycles. The average Bonchev–Trinajstić information content (AvgIpc) is 2.95.